The molecule has 0 amide bonds. The van der Waals surface area contributed by atoms with Crippen molar-refractivity contribution in [2.24, 2.45) is 0 Å². The number of benzene rings is 2. The molecule has 6 nitrogen and oxygen atoms in total. The van der Waals surface area contributed by atoms with Crippen LogP contribution in [0.25, 0.3) is 0 Å². The summed E-state index contributed by atoms with van der Waals surface area (Å²) >= 11 is 5.78. The van der Waals surface area contributed by atoms with Crippen molar-refractivity contribution in [3.63, 3.8) is 0 Å². The monoisotopic (exact) mass is 375 g/mol. The Hall–Kier alpha value is -2.64. The molecule has 0 unspecified atom stereocenters. The highest BCUT2D eigenvalue weighted by molar-refractivity contribution is 7.87. The average Bonchev–Trinajstić information content (AvgIpc) is 2.55. The van der Waals surface area contributed by atoms with Crippen LogP contribution in [0.3, 0.4) is 0 Å². The molecule has 0 saturated heterocycles. The predicted molar refractivity (Wildman–Crippen MR) is 95.8 cm³/mol. The molecule has 25 heavy (non-hydrogen) atoms. The first-order chi connectivity index (χ1) is 11.9. The van der Waals surface area contributed by atoms with Crippen LogP contribution in [0.5, 0.6) is 5.75 Å². The van der Waals surface area contributed by atoms with Crippen molar-refractivity contribution in [2.75, 3.05) is 5.32 Å². The minimum Gasteiger partial charge on any atom is -0.379 e. The van der Waals surface area contributed by atoms with Crippen molar-refractivity contribution in [1.82, 2.24) is 9.97 Å². The Bertz CT molecular complexity index is 992. The van der Waals surface area contributed by atoms with Gasteiger partial charge < -0.3 is 9.50 Å². The largest absolute Gasteiger partial charge is 0.379 e. The molecule has 1 aromatic heterocycles. The van der Waals surface area contributed by atoms with Crippen LogP contribution in [0.1, 0.15) is 5.69 Å². The Balaban J connectivity index is 1.80. The molecular weight excluding hydrogens is 362 g/mol. The Morgan fingerprint density at radius 3 is 2.52 bits per heavy atom. The van der Waals surface area contributed by atoms with E-state index in [1.807, 2.05) is 6.92 Å². The summed E-state index contributed by atoms with van der Waals surface area (Å²) in [4.78, 5) is 8.15. The molecule has 3 aromatic rings. The third-order valence-corrected chi connectivity index (χ3v) is 4.73. The number of nitrogens with one attached hydrogen (secondary N) is 1. The zero-order valence-corrected chi connectivity index (χ0v) is 14.8. The lowest BCUT2D eigenvalue weighted by molar-refractivity contribution is 0.486. The van der Waals surface area contributed by atoms with Gasteiger partial charge in [-0.15, -0.1) is 0 Å². The Morgan fingerprint density at radius 1 is 1.04 bits per heavy atom. The molecule has 128 valence electrons. The van der Waals surface area contributed by atoms with E-state index in [1.54, 1.807) is 30.3 Å². The quantitative estimate of drug-likeness (QED) is 0.680. The number of hydrogen-bond donors (Lipinski definition) is 1. The van der Waals surface area contributed by atoms with E-state index in [0.717, 1.165) is 5.69 Å². The minimum absolute atomic E-state index is 0.0293. The fourth-order valence-corrected chi connectivity index (χ4v) is 3.12. The maximum atomic E-state index is 12.3. The number of aromatic nitrogens is 2. The van der Waals surface area contributed by atoms with Crippen LogP contribution in [0, 0.1) is 6.92 Å². The molecule has 0 radical (unpaired) electrons. The molecule has 8 heteroatoms. The van der Waals surface area contributed by atoms with Gasteiger partial charge in [-0.25, -0.2) is 9.97 Å². The summed E-state index contributed by atoms with van der Waals surface area (Å²) in [6, 6.07) is 14.1. The molecule has 0 aliphatic carbocycles. The van der Waals surface area contributed by atoms with Crippen molar-refractivity contribution in [3.05, 3.63) is 71.6 Å². The van der Waals surface area contributed by atoms with Gasteiger partial charge in [0, 0.05) is 28.5 Å². The van der Waals surface area contributed by atoms with Crippen LogP contribution in [0.2, 0.25) is 5.02 Å². The van der Waals surface area contributed by atoms with Gasteiger partial charge in [0.1, 0.15) is 22.8 Å². The number of rotatable bonds is 5. The summed E-state index contributed by atoms with van der Waals surface area (Å²) in [5.41, 5.74) is 1.46. The van der Waals surface area contributed by atoms with Gasteiger partial charge in [0.2, 0.25) is 0 Å². The third kappa shape index (κ3) is 4.46. The number of halogens is 1. The first-order valence-corrected chi connectivity index (χ1v) is 9.07. The summed E-state index contributed by atoms with van der Waals surface area (Å²) in [6.45, 7) is 1.85. The van der Waals surface area contributed by atoms with Gasteiger partial charge in [-0.1, -0.05) is 17.7 Å². The van der Waals surface area contributed by atoms with E-state index in [4.69, 9.17) is 15.8 Å². The second kappa shape index (κ2) is 7.08. The van der Waals surface area contributed by atoms with Crippen LogP contribution in [0.4, 0.5) is 11.5 Å². The van der Waals surface area contributed by atoms with Gasteiger partial charge >= 0.3 is 10.1 Å². The fraction of sp³-hybridized carbons (Fsp3) is 0.0588. The topological polar surface area (TPSA) is 81.2 Å². The summed E-state index contributed by atoms with van der Waals surface area (Å²) in [5.74, 6) is 0.788. The molecule has 0 aliphatic rings. The maximum absolute atomic E-state index is 12.3. The van der Waals surface area contributed by atoms with Crippen LogP contribution < -0.4 is 9.50 Å². The Labute approximate surface area is 150 Å². The summed E-state index contributed by atoms with van der Waals surface area (Å²) < 4.78 is 29.8. The predicted octanol–water partition coefficient (Wildman–Crippen LogP) is 3.95. The normalized spacial score (nSPS) is 11.1. The number of nitrogens with zero attached hydrogens (tertiary/aromatic N) is 2. The van der Waals surface area contributed by atoms with Crippen molar-refractivity contribution in [2.45, 2.75) is 11.8 Å². The second-order valence-corrected chi connectivity index (χ2v) is 7.17. The molecular formula is C17H14ClN3O3S. The third-order valence-electron chi connectivity index (χ3n) is 3.22. The molecule has 0 fully saturated rings. The molecule has 1 heterocycles. The van der Waals surface area contributed by atoms with Crippen LogP contribution in [0.15, 0.2) is 65.8 Å². The summed E-state index contributed by atoms with van der Waals surface area (Å²) in [7, 11) is -3.94. The van der Waals surface area contributed by atoms with Crippen molar-refractivity contribution in [3.8, 4) is 5.75 Å². The van der Waals surface area contributed by atoms with E-state index >= 15 is 0 Å². The van der Waals surface area contributed by atoms with E-state index < -0.39 is 10.1 Å². The Morgan fingerprint density at radius 2 is 1.80 bits per heavy atom. The molecule has 1 N–H and O–H groups in total. The average molecular weight is 376 g/mol. The molecule has 0 saturated carbocycles. The van der Waals surface area contributed by atoms with E-state index in [2.05, 4.69) is 15.3 Å². The number of aryl methyl sites for hydroxylation is 1. The minimum atomic E-state index is -3.94. The van der Waals surface area contributed by atoms with E-state index in [0.29, 0.717) is 16.5 Å². The van der Waals surface area contributed by atoms with Gasteiger partial charge in [0.05, 0.1) is 0 Å². The van der Waals surface area contributed by atoms with Crippen molar-refractivity contribution in [1.29, 1.82) is 0 Å². The maximum Gasteiger partial charge on any atom is 0.339 e. The molecule has 2 aromatic carbocycles. The highest BCUT2D eigenvalue weighted by Crippen LogP contribution is 2.24. The van der Waals surface area contributed by atoms with Crippen molar-refractivity contribution < 1.29 is 12.6 Å². The van der Waals surface area contributed by atoms with Crippen LogP contribution in [-0.2, 0) is 10.1 Å². The molecule has 3 rings (SSSR count). The smallest absolute Gasteiger partial charge is 0.339 e. The number of anilines is 2. The van der Waals surface area contributed by atoms with Gasteiger partial charge in [0.25, 0.3) is 0 Å². The second-order valence-electron chi connectivity index (χ2n) is 5.19. The van der Waals surface area contributed by atoms with Crippen LogP contribution >= 0.6 is 11.6 Å². The highest BCUT2D eigenvalue weighted by Gasteiger charge is 2.16. The van der Waals surface area contributed by atoms with E-state index in [1.165, 1.54) is 30.6 Å². The lowest BCUT2D eigenvalue weighted by Gasteiger charge is -2.10. The Kier molecular flexibility index (Phi) is 4.87. The van der Waals surface area contributed by atoms with Gasteiger partial charge in [-0.2, -0.15) is 8.42 Å². The van der Waals surface area contributed by atoms with Crippen molar-refractivity contribution >= 4 is 33.2 Å². The standard InChI is InChI=1S/C17H14ClN3O3S/c1-12-9-17(20-11-19-12)21-14-3-2-4-15(10-14)24-25(22,23)16-7-5-13(18)6-8-16/h2-11H,1H3,(H,19,20,21). The van der Waals surface area contributed by atoms with Gasteiger partial charge in [0.15, 0.2) is 0 Å². The van der Waals surface area contributed by atoms with E-state index in [-0.39, 0.29) is 10.6 Å². The summed E-state index contributed by atoms with van der Waals surface area (Å²) in [6.07, 6.45) is 1.45. The summed E-state index contributed by atoms with van der Waals surface area (Å²) in [5, 5.41) is 3.52. The zero-order valence-electron chi connectivity index (χ0n) is 13.2. The zero-order chi connectivity index (χ0) is 17.9. The first-order valence-electron chi connectivity index (χ1n) is 7.28. The van der Waals surface area contributed by atoms with Crippen LogP contribution in [-0.4, -0.2) is 18.4 Å². The lowest BCUT2D eigenvalue weighted by atomic mass is 10.3. The van der Waals surface area contributed by atoms with Gasteiger partial charge in [-0.05, 0) is 43.3 Å². The van der Waals surface area contributed by atoms with E-state index in [9.17, 15) is 8.42 Å². The fourth-order valence-electron chi connectivity index (χ4n) is 2.07. The lowest BCUT2D eigenvalue weighted by Crippen LogP contribution is -2.09. The molecule has 0 spiro atoms. The molecule has 0 aliphatic heterocycles. The molecule has 0 atom stereocenters. The van der Waals surface area contributed by atoms with Gasteiger partial charge in [-0.3, -0.25) is 0 Å². The first kappa shape index (κ1) is 17.2. The number of hydrogen-bond acceptors (Lipinski definition) is 6. The highest BCUT2D eigenvalue weighted by atomic mass is 35.5. The molecule has 0 bridgehead atoms. The SMILES string of the molecule is Cc1cc(Nc2cccc(OS(=O)(=O)c3ccc(Cl)cc3)c2)ncn1.